The molecule has 1 aromatic carbocycles. The molecule has 2 fully saturated rings. The fourth-order valence-electron chi connectivity index (χ4n) is 3.78. The molecule has 1 saturated carbocycles. The third-order valence-corrected chi connectivity index (χ3v) is 5.14. The van der Waals surface area contributed by atoms with Crippen LogP contribution in [0.3, 0.4) is 0 Å². The molecule has 0 aromatic heterocycles. The number of hydrogen-bond acceptors (Lipinski definition) is 3. The van der Waals surface area contributed by atoms with Crippen molar-refractivity contribution in [3.63, 3.8) is 0 Å². The Hall–Kier alpha value is -1.55. The molecule has 22 heavy (non-hydrogen) atoms. The quantitative estimate of drug-likeness (QED) is 0.876. The Morgan fingerprint density at radius 3 is 2.50 bits per heavy atom. The van der Waals surface area contributed by atoms with Crippen LogP contribution in [0.2, 0.25) is 0 Å². The van der Waals surface area contributed by atoms with Gasteiger partial charge in [0.1, 0.15) is 11.8 Å². The van der Waals surface area contributed by atoms with Crippen molar-refractivity contribution in [3.8, 4) is 5.75 Å². The molecule has 1 aromatic rings. The van der Waals surface area contributed by atoms with Gasteiger partial charge in [0.25, 0.3) is 0 Å². The summed E-state index contributed by atoms with van der Waals surface area (Å²) >= 11 is 0. The van der Waals surface area contributed by atoms with Gasteiger partial charge in [-0.25, -0.2) is 0 Å². The molecule has 1 N–H and O–H groups in total. The zero-order valence-corrected chi connectivity index (χ0v) is 13.2. The Labute approximate surface area is 132 Å². The number of ether oxygens (including phenoxy) is 1. The molecule has 0 radical (unpaired) electrons. The first-order valence-electron chi connectivity index (χ1n) is 8.39. The lowest BCUT2D eigenvalue weighted by molar-refractivity contribution is -0.143. The predicted molar refractivity (Wildman–Crippen MR) is 84.9 cm³/mol. The van der Waals surface area contributed by atoms with Gasteiger partial charge in [-0.15, -0.1) is 0 Å². The summed E-state index contributed by atoms with van der Waals surface area (Å²) in [5, 5.41) is 9.50. The van der Waals surface area contributed by atoms with Crippen LogP contribution in [-0.4, -0.2) is 34.7 Å². The van der Waals surface area contributed by atoms with Gasteiger partial charge in [-0.3, -0.25) is 9.69 Å². The van der Waals surface area contributed by atoms with Gasteiger partial charge < -0.3 is 9.84 Å². The van der Waals surface area contributed by atoms with Crippen molar-refractivity contribution in [3.05, 3.63) is 29.8 Å². The predicted octanol–water partition coefficient (Wildman–Crippen LogP) is 3.30. The minimum atomic E-state index is -0.673. The minimum absolute atomic E-state index is 0.322. The highest BCUT2D eigenvalue weighted by Gasteiger charge is 2.42. The highest BCUT2D eigenvalue weighted by Crippen LogP contribution is 2.40. The molecule has 0 spiro atoms. The number of carbonyl (C=O) groups is 1. The lowest BCUT2D eigenvalue weighted by Gasteiger charge is -2.38. The third kappa shape index (κ3) is 3.12. The summed E-state index contributed by atoms with van der Waals surface area (Å²) in [5.41, 5.74) is 1.17. The molecule has 4 nitrogen and oxygen atoms in total. The van der Waals surface area contributed by atoms with Crippen molar-refractivity contribution in [2.45, 2.75) is 57.7 Å². The molecule has 2 aliphatic rings. The smallest absolute Gasteiger partial charge is 0.320 e. The van der Waals surface area contributed by atoms with Crippen LogP contribution < -0.4 is 4.74 Å². The van der Waals surface area contributed by atoms with Gasteiger partial charge in [-0.05, 0) is 56.2 Å². The van der Waals surface area contributed by atoms with E-state index in [0.29, 0.717) is 18.6 Å². The number of likely N-dealkylation sites (tertiary alicyclic amines) is 1. The summed E-state index contributed by atoms with van der Waals surface area (Å²) in [6.07, 6.45) is 5.63. The van der Waals surface area contributed by atoms with Crippen molar-refractivity contribution in [1.82, 2.24) is 4.90 Å². The molecular weight excluding hydrogens is 278 g/mol. The van der Waals surface area contributed by atoms with Gasteiger partial charge in [0.2, 0.25) is 0 Å². The van der Waals surface area contributed by atoms with Crippen molar-refractivity contribution in [1.29, 1.82) is 0 Å². The summed E-state index contributed by atoms with van der Waals surface area (Å²) in [5.74, 6) is 0.901. The Bertz CT molecular complexity index is 510. The SMILES string of the molecule is CCOc1ccc(CN2C(C(=O)O)CCC2C2CCC2)cc1. The van der Waals surface area contributed by atoms with E-state index in [2.05, 4.69) is 17.0 Å². The Morgan fingerprint density at radius 2 is 1.95 bits per heavy atom. The normalized spacial score (nSPS) is 25.9. The van der Waals surface area contributed by atoms with Crippen molar-refractivity contribution in [2.24, 2.45) is 5.92 Å². The van der Waals surface area contributed by atoms with E-state index in [4.69, 9.17) is 4.74 Å². The largest absolute Gasteiger partial charge is 0.494 e. The van der Waals surface area contributed by atoms with Gasteiger partial charge in [-0.2, -0.15) is 0 Å². The molecule has 2 atom stereocenters. The van der Waals surface area contributed by atoms with E-state index in [1.807, 2.05) is 19.1 Å². The van der Waals surface area contributed by atoms with Crippen LogP contribution in [0.4, 0.5) is 0 Å². The summed E-state index contributed by atoms with van der Waals surface area (Å²) in [4.78, 5) is 13.8. The van der Waals surface area contributed by atoms with E-state index in [0.717, 1.165) is 25.1 Å². The second-order valence-electron chi connectivity index (χ2n) is 6.44. The van der Waals surface area contributed by atoms with Gasteiger partial charge >= 0.3 is 5.97 Å². The van der Waals surface area contributed by atoms with Crippen LogP contribution >= 0.6 is 0 Å². The van der Waals surface area contributed by atoms with Crippen LogP contribution in [0.1, 0.15) is 44.6 Å². The highest BCUT2D eigenvalue weighted by molar-refractivity contribution is 5.74. The first-order chi connectivity index (χ1) is 10.7. The monoisotopic (exact) mass is 303 g/mol. The molecule has 4 heteroatoms. The Morgan fingerprint density at radius 1 is 1.23 bits per heavy atom. The lowest BCUT2D eigenvalue weighted by Crippen LogP contribution is -2.44. The summed E-state index contributed by atoms with van der Waals surface area (Å²) in [6.45, 7) is 3.36. The van der Waals surface area contributed by atoms with Gasteiger partial charge in [0.15, 0.2) is 0 Å². The average Bonchev–Trinajstić information content (AvgIpc) is 2.83. The van der Waals surface area contributed by atoms with Gasteiger partial charge in [0, 0.05) is 12.6 Å². The molecule has 1 saturated heterocycles. The third-order valence-electron chi connectivity index (χ3n) is 5.14. The number of benzene rings is 1. The molecule has 1 aliphatic carbocycles. The van der Waals surface area contributed by atoms with Crippen molar-refractivity contribution in [2.75, 3.05) is 6.61 Å². The van der Waals surface area contributed by atoms with E-state index < -0.39 is 5.97 Å². The van der Waals surface area contributed by atoms with Crippen LogP contribution in [0.5, 0.6) is 5.75 Å². The van der Waals surface area contributed by atoms with Crippen molar-refractivity contribution < 1.29 is 14.6 Å². The number of carboxylic acids is 1. The maximum absolute atomic E-state index is 11.6. The number of hydrogen-bond donors (Lipinski definition) is 1. The molecular formula is C18H25NO3. The topological polar surface area (TPSA) is 49.8 Å². The highest BCUT2D eigenvalue weighted by atomic mass is 16.5. The van der Waals surface area contributed by atoms with Crippen molar-refractivity contribution >= 4 is 5.97 Å². The Balaban J connectivity index is 1.72. The first kappa shape index (κ1) is 15.3. The fourth-order valence-corrected chi connectivity index (χ4v) is 3.78. The second-order valence-corrected chi connectivity index (χ2v) is 6.44. The molecule has 0 amide bonds. The first-order valence-corrected chi connectivity index (χ1v) is 8.39. The molecule has 3 rings (SSSR count). The number of rotatable bonds is 6. The van der Waals surface area contributed by atoms with Gasteiger partial charge in [0.05, 0.1) is 6.61 Å². The minimum Gasteiger partial charge on any atom is -0.494 e. The maximum Gasteiger partial charge on any atom is 0.320 e. The summed E-state index contributed by atoms with van der Waals surface area (Å²) in [6, 6.07) is 8.19. The van der Waals surface area contributed by atoms with E-state index in [1.54, 1.807) is 0 Å². The lowest BCUT2D eigenvalue weighted by atomic mass is 9.79. The summed E-state index contributed by atoms with van der Waals surface area (Å²) < 4.78 is 5.47. The fraction of sp³-hybridized carbons (Fsp3) is 0.611. The zero-order valence-electron chi connectivity index (χ0n) is 13.2. The number of nitrogens with zero attached hydrogens (tertiary/aromatic N) is 1. The molecule has 120 valence electrons. The number of carboxylic acid groups (broad SMARTS) is 1. The Kier molecular flexibility index (Phi) is 4.67. The van der Waals surface area contributed by atoms with E-state index >= 15 is 0 Å². The van der Waals surface area contributed by atoms with Crippen LogP contribution in [0.15, 0.2) is 24.3 Å². The molecule has 1 aliphatic heterocycles. The molecule has 0 bridgehead atoms. The zero-order chi connectivity index (χ0) is 15.5. The maximum atomic E-state index is 11.6. The molecule has 2 unspecified atom stereocenters. The molecule has 1 heterocycles. The average molecular weight is 303 g/mol. The van der Waals surface area contributed by atoms with Crippen LogP contribution in [-0.2, 0) is 11.3 Å². The van der Waals surface area contributed by atoms with Gasteiger partial charge in [-0.1, -0.05) is 18.6 Å². The van der Waals surface area contributed by atoms with Crippen LogP contribution in [0.25, 0.3) is 0 Å². The van der Waals surface area contributed by atoms with Crippen LogP contribution in [0, 0.1) is 5.92 Å². The van der Waals surface area contributed by atoms with E-state index in [9.17, 15) is 9.90 Å². The van der Waals surface area contributed by atoms with E-state index in [-0.39, 0.29) is 6.04 Å². The second kappa shape index (κ2) is 6.69. The van der Waals surface area contributed by atoms with E-state index in [1.165, 1.54) is 24.8 Å². The summed E-state index contributed by atoms with van der Waals surface area (Å²) in [7, 11) is 0. The standard InChI is InChI=1S/C18H25NO3/c1-2-22-15-8-6-13(7-9-15)12-19-16(14-4-3-5-14)10-11-17(19)18(20)21/h6-9,14,16-17H,2-5,10-12H2,1H3,(H,20,21). The number of aliphatic carboxylic acids is 1.